The van der Waals surface area contributed by atoms with E-state index >= 15 is 0 Å². The normalized spacial score (nSPS) is 22.3. The molecule has 1 saturated carbocycles. The summed E-state index contributed by atoms with van der Waals surface area (Å²) < 4.78 is 0. The first kappa shape index (κ1) is 20.4. The van der Waals surface area contributed by atoms with Crippen molar-refractivity contribution in [2.75, 3.05) is 33.2 Å². The molecular weight excluding hydrogens is 362 g/mol. The van der Waals surface area contributed by atoms with Gasteiger partial charge >= 0.3 is 0 Å². The Hall–Kier alpha value is -1.88. The molecule has 3 fully saturated rings. The molecule has 5 nitrogen and oxygen atoms in total. The number of piperidine rings is 2. The Bertz CT molecular complexity index is 687. The van der Waals surface area contributed by atoms with Crippen molar-refractivity contribution in [3.05, 3.63) is 35.9 Å². The topological polar surface area (TPSA) is 43.9 Å². The number of rotatable bonds is 5. The van der Waals surface area contributed by atoms with Crippen LogP contribution < -0.4 is 0 Å². The summed E-state index contributed by atoms with van der Waals surface area (Å²) in [4.78, 5) is 31.9. The third-order valence-electron chi connectivity index (χ3n) is 7.26. The van der Waals surface area contributed by atoms with Crippen LogP contribution in [-0.4, -0.2) is 65.8 Å². The molecule has 1 aromatic rings. The molecule has 2 aliphatic heterocycles. The lowest BCUT2D eigenvalue weighted by Crippen LogP contribution is -2.51. The molecule has 0 bridgehead atoms. The zero-order valence-corrected chi connectivity index (χ0v) is 17.8. The average Bonchev–Trinajstić information content (AvgIpc) is 2.73. The lowest BCUT2D eigenvalue weighted by atomic mass is 9.84. The lowest BCUT2D eigenvalue weighted by molar-refractivity contribution is -0.140. The van der Waals surface area contributed by atoms with Crippen LogP contribution in [-0.2, 0) is 16.1 Å². The van der Waals surface area contributed by atoms with Crippen molar-refractivity contribution in [3.63, 3.8) is 0 Å². The van der Waals surface area contributed by atoms with Gasteiger partial charge in [-0.1, -0.05) is 36.8 Å². The molecule has 1 aliphatic carbocycles. The molecule has 4 rings (SSSR count). The number of benzene rings is 1. The molecule has 2 heterocycles. The number of hydrogen-bond acceptors (Lipinski definition) is 3. The van der Waals surface area contributed by atoms with E-state index in [1.807, 2.05) is 30.1 Å². The van der Waals surface area contributed by atoms with Crippen LogP contribution in [0.5, 0.6) is 0 Å². The van der Waals surface area contributed by atoms with E-state index in [4.69, 9.17) is 0 Å². The first-order chi connectivity index (χ1) is 14.1. The van der Waals surface area contributed by atoms with E-state index in [2.05, 4.69) is 21.9 Å². The highest BCUT2D eigenvalue weighted by atomic mass is 16.2. The van der Waals surface area contributed by atoms with Crippen molar-refractivity contribution < 1.29 is 9.59 Å². The smallest absolute Gasteiger partial charge is 0.225 e. The quantitative estimate of drug-likeness (QED) is 0.767. The van der Waals surface area contributed by atoms with Gasteiger partial charge in [0.1, 0.15) is 0 Å². The molecule has 29 heavy (non-hydrogen) atoms. The fourth-order valence-electron chi connectivity index (χ4n) is 5.12. The summed E-state index contributed by atoms with van der Waals surface area (Å²) >= 11 is 0. The minimum Gasteiger partial charge on any atom is -0.342 e. The first-order valence-electron chi connectivity index (χ1n) is 11.4. The zero-order chi connectivity index (χ0) is 20.2. The molecular formula is C24H35N3O2. The fourth-order valence-corrected chi connectivity index (χ4v) is 5.12. The highest BCUT2D eigenvalue weighted by molar-refractivity contribution is 5.79. The highest BCUT2D eigenvalue weighted by Crippen LogP contribution is 2.30. The zero-order valence-electron chi connectivity index (χ0n) is 17.8. The monoisotopic (exact) mass is 397 g/mol. The van der Waals surface area contributed by atoms with Gasteiger partial charge in [-0.25, -0.2) is 0 Å². The Labute approximate surface area is 175 Å². The van der Waals surface area contributed by atoms with Gasteiger partial charge in [0, 0.05) is 44.6 Å². The highest BCUT2D eigenvalue weighted by Gasteiger charge is 2.35. The molecule has 0 radical (unpaired) electrons. The molecule has 5 heteroatoms. The van der Waals surface area contributed by atoms with E-state index in [0.29, 0.717) is 24.4 Å². The molecule has 0 N–H and O–H groups in total. The second kappa shape index (κ2) is 9.29. The van der Waals surface area contributed by atoms with Crippen molar-refractivity contribution in [1.29, 1.82) is 0 Å². The number of carbonyl (C=O) groups is 2. The number of amides is 2. The van der Waals surface area contributed by atoms with Crippen molar-refractivity contribution in [1.82, 2.24) is 14.7 Å². The Balaban J connectivity index is 1.20. The second-order valence-corrected chi connectivity index (χ2v) is 9.17. The van der Waals surface area contributed by atoms with Crippen molar-refractivity contribution in [2.45, 2.75) is 57.5 Å². The summed E-state index contributed by atoms with van der Waals surface area (Å²) in [5.41, 5.74) is 1.18. The van der Waals surface area contributed by atoms with E-state index in [1.54, 1.807) is 0 Å². The second-order valence-electron chi connectivity index (χ2n) is 9.17. The van der Waals surface area contributed by atoms with Crippen LogP contribution in [0.15, 0.2) is 30.3 Å². The van der Waals surface area contributed by atoms with Crippen molar-refractivity contribution in [3.8, 4) is 0 Å². The van der Waals surface area contributed by atoms with Crippen molar-refractivity contribution >= 4 is 11.8 Å². The van der Waals surface area contributed by atoms with Gasteiger partial charge in [-0.2, -0.15) is 0 Å². The standard InChI is InChI=1S/C24H35N3O2/c1-25(18-19-6-3-2-4-7-19)23(28)21-10-14-26(15-11-21)22-12-16-27(17-13-22)24(29)20-8-5-9-20/h2-4,6-7,20-22H,5,8-18H2,1H3. The minimum absolute atomic E-state index is 0.153. The van der Waals surface area contributed by atoms with Gasteiger partial charge in [0.15, 0.2) is 0 Å². The minimum atomic E-state index is 0.153. The summed E-state index contributed by atoms with van der Waals surface area (Å²) in [7, 11) is 1.93. The van der Waals surface area contributed by atoms with Crippen LogP contribution >= 0.6 is 0 Å². The summed E-state index contributed by atoms with van der Waals surface area (Å²) in [6, 6.07) is 10.8. The molecule has 0 spiro atoms. The summed E-state index contributed by atoms with van der Waals surface area (Å²) in [5.74, 6) is 1.16. The number of carbonyl (C=O) groups excluding carboxylic acids is 2. The van der Waals surface area contributed by atoms with Crippen LogP contribution in [0.3, 0.4) is 0 Å². The van der Waals surface area contributed by atoms with Gasteiger partial charge in [-0.15, -0.1) is 0 Å². The Morgan fingerprint density at radius 1 is 0.897 bits per heavy atom. The molecule has 0 unspecified atom stereocenters. The van der Waals surface area contributed by atoms with E-state index in [1.165, 1.54) is 12.0 Å². The van der Waals surface area contributed by atoms with E-state index in [9.17, 15) is 9.59 Å². The Kier molecular flexibility index (Phi) is 6.53. The molecule has 2 amide bonds. The summed E-state index contributed by atoms with van der Waals surface area (Å²) in [6.45, 7) is 4.54. The maximum absolute atomic E-state index is 12.9. The third-order valence-corrected chi connectivity index (χ3v) is 7.26. The molecule has 2 saturated heterocycles. The largest absolute Gasteiger partial charge is 0.342 e. The van der Waals surface area contributed by atoms with Crippen LogP contribution in [0.1, 0.15) is 50.5 Å². The third kappa shape index (κ3) is 4.82. The van der Waals surface area contributed by atoms with Gasteiger partial charge in [0.2, 0.25) is 11.8 Å². The fraction of sp³-hybridized carbons (Fsp3) is 0.667. The molecule has 0 atom stereocenters. The molecule has 3 aliphatic rings. The van der Waals surface area contributed by atoms with Gasteiger partial charge in [0.05, 0.1) is 0 Å². The molecule has 1 aromatic carbocycles. The number of hydrogen-bond donors (Lipinski definition) is 0. The predicted octanol–water partition coefficient (Wildman–Crippen LogP) is 3.15. The van der Waals surface area contributed by atoms with Crippen LogP contribution in [0.4, 0.5) is 0 Å². The average molecular weight is 398 g/mol. The van der Waals surface area contributed by atoms with Gasteiger partial charge in [0.25, 0.3) is 0 Å². The van der Waals surface area contributed by atoms with E-state index in [0.717, 1.165) is 64.7 Å². The Morgan fingerprint density at radius 2 is 1.55 bits per heavy atom. The molecule has 0 aromatic heterocycles. The van der Waals surface area contributed by atoms with Gasteiger partial charge < -0.3 is 14.7 Å². The number of nitrogens with zero attached hydrogens (tertiary/aromatic N) is 3. The molecule has 158 valence electrons. The van der Waals surface area contributed by atoms with Gasteiger partial charge in [-0.3, -0.25) is 9.59 Å². The van der Waals surface area contributed by atoms with Crippen LogP contribution in [0.2, 0.25) is 0 Å². The predicted molar refractivity (Wildman–Crippen MR) is 114 cm³/mol. The number of likely N-dealkylation sites (tertiary alicyclic amines) is 2. The maximum Gasteiger partial charge on any atom is 0.225 e. The lowest BCUT2D eigenvalue weighted by Gasteiger charge is -2.43. The van der Waals surface area contributed by atoms with Crippen molar-refractivity contribution in [2.24, 2.45) is 11.8 Å². The summed E-state index contributed by atoms with van der Waals surface area (Å²) in [5, 5.41) is 0. The first-order valence-corrected chi connectivity index (χ1v) is 11.4. The van der Waals surface area contributed by atoms with Gasteiger partial charge in [-0.05, 0) is 57.2 Å². The SMILES string of the molecule is CN(Cc1ccccc1)C(=O)C1CCN(C2CCN(C(=O)C3CCC3)CC2)CC1. The van der Waals surface area contributed by atoms with Crippen LogP contribution in [0.25, 0.3) is 0 Å². The van der Waals surface area contributed by atoms with Crippen LogP contribution in [0, 0.1) is 11.8 Å². The van der Waals surface area contributed by atoms with E-state index in [-0.39, 0.29) is 11.8 Å². The Morgan fingerprint density at radius 3 is 2.14 bits per heavy atom. The van der Waals surface area contributed by atoms with E-state index < -0.39 is 0 Å². The summed E-state index contributed by atoms with van der Waals surface area (Å²) in [6.07, 6.45) is 7.51. The maximum atomic E-state index is 12.9.